The van der Waals surface area contributed by atoms with E-state index in [-0.39, 0.29) is 6.54 Å². The van der Waals surface area contributed by atoms with Gasteiger partial charge in [-0.15, -0.1) is 0 Å². The molecule has 100 valence electrons. The van der Waals surface area contributed by atoms with Crippen LogP contribution in [0.25, 0.3) is 0 Å². The van der Waals surface area contributed by atoms with Gasteiger partial charge in [-0.05, 0) is 30.9 Å². The average molecular weight is 249 g/mol. The highest BCUT2D eigenvalue weighted by atomic mass is 16.4. The Kier molecular flexibility index (Phi) is 6.44. The summed E-state index contributed by atoms with van der Waals surface area (Å²) in [7, 11) is 0. The van der Waals surface area contributed by atoms with Crippen LogP contribution in [0.1, 0.15) is 25.8 Å². The minimum Gasteiger partial charge on any atom is -0.480 e. The van der Waals surface area contributed by atoms with Crippen molar-refractivity contribution < 1.29 is 9.90 Å². The number of carboxylic acid groups (broad SMARTS) is 1. The highest BCUT2D eigenvalue weighted by Gasteiger charge is 2.10. The molecular weight excluding hydrogens is 226 g/mol. The van der Waals surface area contributed by atoms with Gasteiger partial charge in [0, 0.05) is 6.54 Å². The molecule has 0 heterocycles. The fourth-order valence-corrected chi connectivity index (χ4v) is 2.09. The molecule has 1 rings (SSSR count). The summed E-state index contributed by atoms with van der Waals surface area (Å²) in [6.45, 7) is 6.07. The van der Waals surface area contributed by atoms with Gasteiger partial charge in [0.2, 0.25) is 0 Å². The van der Waals surface area contributed by atoms with Gasteiger partial charge < -0.3 is 5.11 Å². The van der Waals surface area contributed by atoms with Crippen molar-refractivity contribution in [2.24, 2.45) is 5.92 Å². The van der Waals surface area contributed by atoms with Crippen molar-refractivity contribution >= 4 is 5.97 Å². The van der Waals surface area contributed by atoms with Gasteiger partial charge >= 0.3 is 5.97 Å². The van der Waals surface area contributed by atoms with Crippen LogP contribution >= 0.6 is 0 Å². The van der Waals surface area contributed by atoms with E-state index in [1.165, 1.54) is 5.56 Å². The van der Waals surface area contributed by atoms with Crippen LogP contribution < -0.4 is 0 Å². The molecule has 0 saturated carbocycles. The highest BCUT2D eigenvalue weighted by Crippen LogP contribution is 2.05. The molecule has 0 aromatic heterocycles. The Morgan fingerprint density at radius 3 is 2.50 bits per heavy atom. The Morgan fingerprint density at radius 1 is 1.28 bits per heavy atom. The molecule has 0 aliphatic carbocycles. The van der Waals surface area contributed by atoms with Crippen LogP contribution in [0.5, 0.6) is 0 Å². The number of aliphatic carboxylic acids is 1. The summed E-state index contributed by atoms with van der Waals surface area (Å²) in [6.07, 6.45) is 2.01. The second-order valence-electron chi connectivity index (χ2n) is 5.11. The topological polar surface area (TPSA) is 40.5 Å². The van der Waals surface area contributed by atoms with Gasteiger partial charge in [0.15, 0.2) is 0 Å². The van der Waals surface area contributed by atoms with Crippen molar-refractivity contribution in [3.05, 3.63) is 35.9 Å². The molecule has 0 spiro atoms. The maximum atomic E-state index is 10.8. The normalized spacial score (nSPS) is 11.1. The number of benzene rings is 1. The predicted molar refractivity (Wildman–Crippen MR) is 73.7 cm³/mol. The van der Waals surface area contributed by atoms with Crippen LogP contribution in [-0.2, 0) is 11.2 Å². The lowest BCUT2D eigenvalue weighted by molar-refractivity contribution is -0.138. The van der Waals surface area contributed by atoms with E-state index in [1.807, 2.05) is 23.1 Å². The zero-order valence-corrected chi connectivity index (χ0v) is 11.3. The number of hydrogen-bond acceptors (Lipinski definition) is 2. The number of aryl methyl sites for hydroxylation is 1. The van der Waals surface area contributed by atoms with Gasteiger partial charge in [-0.2, -0.15) is 0 Å². The first kappa shape index (κ1) is 14.7. The van der Waals surface area contributed by atoms with Crippen molar-refractivity contribution in [2.75, 3.05) is 19.6 Å². The smallest absolute Gasteiger partial charge is 0.317 e. The molecule has 0 aliphatic rings. The molecule has 0 bridgehead atoms. The minimum atomic E-state index is -0.740. The van der Waals surface area contributed by atoms with Gasteiger partial charge in [0.25, 0.3) is 0 Å². The first-order valence-corrected chi connectivity index (χ1v) is 6.56. The summed E-state index contributed by atoms with van der Waals surface area (Å²) in [6, 6.07) is 10.3. The average Bonchev–Trinajstić information content (AvgIpc) is 2.28. The van der Waals surface area contributed by atoms with E-state index in [1.54, 1.807) is 0 Å². The lowest BCUT2D eigenvalue weighted by Gasteiger charge is -2.22. The minimum absolute atomic E-state index is 0.146. The molecule has 0 unspecified atom stereocenters. The molecule has 1 aromatic carbocycles. The van der Waals surface area contributed by atoms with Crippen molar-refractivity contribution in [1.29, 1.82) is 0 Å². The maximum absolute atomic E-state index is 10.8. The zero-order chi connectivity index (χ0) is 13.4. The van der Waals surface area contributed by atoms with Gasteiger partial charge in [0.1, 0.15) is 0 Å². The fourth-order valence-electron chi connectivity index (χ4n) is 2.09. The zero-order valence-electron chi connectivity index (χ0n) is 11.3. The third kappa shape index (κ3) is 6.40. The Balaban J connectivity index is 2.34. The summed E-state index contributed by atoms with van der Waals surface area (Å²) in [4.78, 5) is 12.8. The predicted octanol–water partition coefficient (Wildman–Crippen LogP) is 2.66. The number of carbonyl (C=O) groups is 1. The molecule has 0 atom stereocenters. The van der Waals surface area contributed by atoms with E-state index < -0.39 is 5.97 Å². The lowest BCUT2D eigenvalue weighted by Crippen LogP contribution is -2.34. The van der Waals surface area contributed by atoms with Gasteiger partial charge in [0.05, 0.1) is 6.54 Å². The van der Waals surface area contributed by atoms with Crippen molar-refractivity contribution in [1.82, 2.24) is 4.90 Å². The third-order valence-electron chi connectivity index (χ3n) is 2.76. The van der Waals surface area contributed by atoms with E-state index in [0.29, 0.717) is 5.92 Å². The van der Waals surface area contributed by atoms with E-state index in [9.17, 15) is 4.79 Å². The van der Waals surface area contributed by atoms with Crippen LogP contribution in [0, 0.1) is 5.92 Å². The molecule has 0 amide bonds. The highest BCUT2D eigenvalue weighted by molar-refractivity contribution is 5.69. The summed E-state index contributed by atoms with van der Waals surface area (Å²) in [5.41, 5.74) is 1.32. The summed E-state index contributed by atoms with van der Waals surface area (Å²) >= 11 is 0. The first-order valence-electron chi connectivity index (χ1n) is 6.56. The van der Waals surface area contributed by atoms with Crippen LogP contribution in [-0.4, -0.2) is 35.6 Å². The Hall–Kier alpha value is -1.35. The Labute approximate surface area is 109 Å². The molecule has 0 aliphatic heterocycles. The van der Waals surface area contributed by atoms with E-state index in [2.05, 4.69) is 26.0 Å². The number of nitrogens with zero attached hydrogens (tertiary/aromatic N) is 1. The van der Waals surface area contributed by atoms with Crippen LogP contribution in [0.4, 0.5) is 0 Å². The van der Waals surface area contributed by atoms with Crippen molar-refractivity contribution in [3.63, 3.8) is 0 Å². The van der Waals surface area contributed by atoms with Gasteiger partial charge in [-0.1, -0.05) is 44.2 Å². The molecule has 0 fully saturated rings. The third-order valence-corrected chi connectivity index (χ3v) is 2.76. The van der Waals surface area contributed by atoms with Gasteiger partial charge in [-0.3, -0.25) is 9.69 Å². The quantitative estimate of drug-likeness (QED) is 0.770. The summed E-state index contributed by atoms with van der Waals surface area (Å²) in [5, 5.41) is 8.87. The molecule has 1 N–H and O–H groups in total. The van der Waals surface area contributed by atoms with Crippen molar-refractivity contribution in [2.45, 2.75) is 26.7 Å². The SMILES string of the molecule is CC(C)CN(CCCc1ccccc1)CC(=O)O. The summed E-state index contributed by atoms with van der Waals surface area (Å²) < 4.78 is 0. The van der Waals surface area contributed by atoms with E-state index >= 15 is 0 Å². The van der Waals surface area contributed by atoms with Crippen LogP contribution in [0.15, 0.2) is 30.3 Å². The summed E-state index contributed by atoms with van der Waals surface area (Å²) in [5.74, 6) is -0.239. The lowest BCUT2D eigenvalue weighted by atomic mass is 10.1. The van der Waals surface area contributed by atoms with Crippen LogP contribution in [0.3, 0.4) is 0 Å². The number of carboxylic acids is 1. The monoisotopic (exact) mass is 249 g/mol. The fraction of sp³-hybridized carbons (Fsp3) is 0.533. The molecule has 18 heavy (non-hydrogen) atoms. The van der Waals surface area contributed by atoms with E-state index in [0.717, 1.165) is 25.9 Å². The second kappa shape index (κ2) is 7.88. The molecule has 0 radical (unpaired) electrons. The molecular formula is C15H23NO2. The Morgan fingerprint density at radius 2 is 1.94 bits per heavy atom. The van der Waals surface area contributed by atoms with Crippen molar-refractivity contribution in [3.8, 4) is 0 Å². The number of rotatable bonds is 8. The molecule has 3 heteroatoms. The first-order chi connectivity index (χ1) is 8.58. The maximum Gasteiger partial charge on any atom is 0.317 e. The largest absolute Gasteiger partial charge is 0.480 e. The standard InChI is InChI=1S/C15H23NO2/c1-13(2)11-16(12-15(17)18)10-6-9-14-7-4-3-5-8-14/h3-5,7-8,13H,6,9-12H2,1-2H3,(H,17,18). The van der Waals surface area contributed by atoms with E-state index in [4.69, 9.17) is 5.11 Å². The van der Waals surface area contributed by atoms with Gasteiger partial charge in [-0.25, -0.2) is 0 Å². The molecule has 1 aromatic rings. The van der Waals surface area contributed by atoms with Crippen LogP contribution in [0.2, 0.25) is 0 Å². The number of hydrogen-bond donors (Lipinski definition) is 1. The molecule has 3 nitrogen and oxygen atoms in total. The second-order valence-corrected chi connectivity index (χ2v) is 5.11. The Bertz CT molecular complexity index is 349. The molecule has 0 saturated heterocycles.